The van der Waals surface area contributed by atoms with Crippen molar-refractivity contribution in [1.29, 1.82) is 0 Å². The molecule has 0 aliphatic heterocycles. The first-order valence-electron chi connectivity index (χ1n) is 8.90. The fourth-order valence-electron chi connectivity index (χ4n) is 2.93. The summed E-state index contributed by atoms with van der Waals surface area (Å²) in [6, 6.07) is 12.6. The molecule has 2 atom stereocenters. The fourth-order valence-corrected chi connectivity index (χ4v) is 2.93. The number of benzene rings is 2. The molecule has 1 N–H and O–H groups in total. The van der Waals surface area contributed by atoms with Gasteiger partial charge < -0.3 is 10.2 Å². The van der Waals surface area contributed by atoms with Crippen molar-refractivity contribution in [2.24, 2.45) is 0 Å². The summed E-state index contributed by atoms with van der Waals surface area (Å²) in [5.41, 5.74) is 2.10. The Morgan fingerprint density at radius 1 is 1.17 bits per heavy atom. The monoisotopic (exact) mass is 326 g/mol. The molecular weight excluding hydrogens is 296 g/mol. The van der Waals surface area contributed by atoms with Crippen LogP contribution in [-0.2, 0) is 0 Å². The van der Waals surface area contributed by atoms with Crippen LogP contribution in [0.2, 0.25) is 0 Å². The van der Waals surface area contributed by atoms with E-state index in [-0.39, 0.29) is 11.9 Å². The number of carbonyl (C=O) groups is 1. The molecule has 24 heavy (non-hydrogen) atoms. The number of nitrogens with zero attached hydrogens (tertiary/aromatic N) is 1. The Morgan fingerprint density at radius 2 is 1.92 bits per heavy atom. The highest BCUT2D eigenvalue weighted by Crippen LogP contribution is 2.28. The fraction of sp³-hybridized carbons (Fsp3) is 0.476. The number of amides is 1. The lowest BCUT2D eigenvalue weighted by Gasteiger charge is -2.17. The lowest BCUT2D eigenvalue weighted by atomic mass is 9.92. The van der Waals surface area contributed by atoms with E-state index < -0.39 is 0 Å². The van der Waals surface area contributed by atoms with E-state index in [1.165, 1.54) is 10.9 Å². The van der Waals surface area contributed by atoms with Gasteiger partial charge in [-0.15, -0.1) is 0 Å². The highest BCUT2D eigenvalue weighted by atomic mass is 16.1. The average Bonchev–Trinajstić information content (AvgIpc) is 2.58. The van der Waals surface area contributed by atoms with Gasteiger partial charge in [0.2, 0.25) is 0 Å². The van der Waals surface area contributed by atoms with Crippen molar-refractivity contribution in [3.63, 3.8) is 0 Å². The molecule has 0 saturated heterocycles. The van der Waals surface area contributed by atoms with Gasteiger partial charge >= 0.3 is 0 Å². The van der Waals surface area contributed by atoms with Gasteiger partial charge in [0, 0.05) is 11.6 Å². The van der Waals surface area contributed by atoms with E-state index in [2.05, 4.69) is 55.3 Å². The van der Waals surface area contributed by atoms with Crippen LogP contribution in [0.5, 0.6) is 0 Å². The summed E-state index contributed by atoms with van der Waals surface area (Å²) in [5, 5.41) is 5.49. The van der Waals surface area contributed by atoms with E-state index in [0.717, 1.165) is 30.3 Å². The van der Waals surface area contributed by atoms with Crippen molar-refractivity contribution in [3.8, 4) is 0 Å². The molecular formula is C21H30N2O. The molecule has 0 aromatic heterocycles. The second kappa shape index (κ2) is 8.29. The van der Waals surface area contributed by atoms with E-state index in [9.17, 15) is 4.79 Å². The van der Waals surface area contributed by atoms with Gasteiger partial charge in [-0.1, -0.05) is 38.1 Å². The van der Waals surface area contributed by atoms with Gasteiger partial charge in [-0.2, -0.15) is 0 Å². The van der Waals surface area contributed by atoms with E-state index in [4.69, 9.17) is 0 Å². The minimum atomic E-state index is 0.0112. The first-order valence-corrected chi connectivity index (χ1v) is 8.90. The summed E-state index contributed by atoms with van der Waals surface area (Å²) in [7, 11) is 4.10. The second-order valence-corrected chi connectivity index (χ2v) is 7.06. The summed E-state index contributed by atoms with van der Waals surface area (Å²) in [6.45, 7) is 7.49. The SMILES string of the molecule is CCC(C)c1cccc2cc(C(=O)N[C@H](C)CCN(C)C)ccc12. The molecule has 2 aromatic carbocycles. The molecule has 0 radical (unpaired) electrons. The summed E-state index contributed by atoms with van der Waals surface area (Å²) < 4.78 is 0. The maximum Gasteiger partial charge on any atom is 0.251 e. The minimum absolute atomic E-state index is 0.0112. The quantitative estimate of drug-likeness (QED) is 0.816. The van der Waals surface area contributed by atoms with Gasteiger partial charge in [0.25, 0.3) is 5.91 Å². The molecule has 130 valence electrons. The van der Waals surface area contributed by atoms with Crippen LogP contribution in [0.15, 0.2) is 36.4 Å². The third kappa shape index (κ3) is 4.57. The molecule has 0 fully saturated rings. The molecule has 0 heterocycles. The van der Waals surface area contributed by atoms with Gasteiger partial charge in [-0.3, -0.25) is 4.79 Å². The van der Waals surface area contributed by atoms with Crippen molar-refractivity contribution in [1.82, 2.24) is 10.2 Å². The van der Waals surface area contributed by atoms with Crippen molar-refractivity contribution < 1.29 is 4.79 Å². The standard InChI is InChI=1S/C21H30N2O/c1-6-15(2)19-9-7-8-17-14-18(10-11-20(17)19)21(24)22-16(3)12-13-23(4)5/h7-11,14-16H,6,12-13H2,1-5H3,(H,22,24)/t15?,16-/m1/s1. The maximum atomic E-state index is 12.5. The van der Waals surface area contributed by atoms with E-state index in [1.54, 1.807) is 0 Å². The second-order valence-electron chi connectivity index (χ2n) is 7.06. The maximum absolute atomic E-state index is 12.5. The number of nitrogens with one attached hydrogen (secondary N) is 1. The van der Waals surface area contributed by atoms with Crippen molar-refractivity contribution in [2.45, 2.75) is 45.6 Å². The van der Waals surface area contributed by atoms with E-state index >= 15 is 0 Å². The lowest BCUT2D eigenvalue weighted by Crippen LogP contribution is -2.34. The zero-order valence-corrected chi connectivity index (χ0v) is 15.6. The van der Waals surface area contributed by atoms with Crippen LogP contribution >= 0.6 is 0 Å². The van der Waals surface area contributed by atoms with Crippen LogP contribution in [-0.4, -0.2) is 37.5 Å². The van der Waals surface area contributed by atoms with Crippen LogP contribution < -0.4 is 5.32 Å². The molecule has 0 aliphatic carbocycles. The van der Waals surface area contributed by atoms with Gasteiger partial charge in [0.1, 0.15) is 0 Å². The van der Waals surface area contributed by atoms with Crippen molar-refractivity contribution in [3.05, 3.63) is 47.5 Å². The lowest BCUT2D eigenvalue weighted by molar-refractivity contribution is 0.0937. The number of hydrogen-bond acceptors (Lipinski definition) is 2. The van der Waals surface area contributed by atoms with Crippen LogP contribution in [0.25, 0.3) is 10.8 Å². The molecule has 3 nitrogen and oxygen atoms in total. The number of carbonyl (C=O) groups excluding carboxylic acids is 1. The third-order valence-corrected chi connectivity index (χ3v) is 4.71. The predicted octanol–water partition coefficient (Wildman–Crippen LogP) is 4.42. The highest BCUT2D eigenvalue weighted by Gasteiger charge is 2.12. The van der Waals surface area contributed by atoms with Gasteiger partial charge in [-0.05, 0) is 74.8 Å². The highest BCUT2D eigenvalue weighted by molar-refractivity contribution is 5.99. The van der Waals surface area contributed by atoms with Crippen molar-refractivity contribution in [2.75, 3.05) is 20.6 Å². The Kier molecular flexibility index (Phi) is 6.38. The summed E-state index contributed by atoms with van der Waals surface area (Å²) >= 11 is 0. The Hall–Kier alpha value is -1.87. The molecule has 1 unspecified atom stereocenters. The Morgan fingerprint density at radius 3 is 2.58 bits per heavy atom. The van der Waals surface area contributed by atoms with Gasteiger partial charge in [0.05, 0.1) is 0 Å². The van der Waals surface area contributed by atoms with Crippen LogP contribution in [0.4, 0.5) is 0 Å². The Balaban J connectivity index is 2.17. The molecule has 0 bridgehead atoms. The van der Waals surface area contributed by atoms with Crippen LogP contribution in [0.3, 0.4) is 0 Å². The van der Waals surface area contributed by atoms with E-state index in [1.807, 2.05) is 26.2 Å². The molecule has 0 aliphatic rings. The Labute approximate surface area is 146 Å². The molecule has 2 aromatic rings. The molecule has 0 spiro atoms. The van der Waals surface area contributed by atoms with E-state index in [0.29, 0.717) is 5.92 Å². The molecule has 1 amide bonds. The summed E-state index contributed by atoms with van der Waals surface area (Å²) in [6.07, 6.45) is 2.06. The molecule has 0 saturated carbocycles. The summed E-state index contributed by atoms with van der Waals surface area (Å²) in [5.74, 6) is 0.538. The first-order chi connectivity index (χ1) is 11.4. The Bertz CT molecular complexity index is 693. The number of hydrogen-bond donors (Lipinski definition) is 1. The molecule has 2 rings (SSSR count). The third-order valence-electron chi connectivity index (χ3n) is 4.71. The minimum Gasteiger partial charge on any atom is -0.350 e. The molecule has 3 heteroatoms. The average molecular weight is 326 g/mol. The topological polar surface area (TPSA) is 32.3 Å². The first kappa shape index (κ1) is 18.5. The summed E-state index contributed by atoms with van der Waals surface area (Å²) in [4.78, 5) is 14.6. The van der Waals surface area contributed by atoms with Gasteiger partial charge in [-0.25, -0.2) is 0 Å². The largest absolute Gasteiger partial charge is 0.350 e. The predicted molar refractivity (Wildman–Crippen MR) is 103 cm³/mol. The van der Waals surface area contributed by atoms with Crippen molar-refractivity contribution >= 4 is 16.7 Å². The van der Waals surface area contributed by atoms with Gasteiger partial charge in [0.15, 0.2) is 0 Å². The van der Waals surface area contributed by atoms with Crippen LogP contribution in [0, 0.1) is 0 Å². The van der Waals surface area contributed by atoms with Crippen LogP contribution in [0.1, 0.15) is 55.5 Å². The zero-order chi connectivity index (χ0) is 17.7. The zero-order valence-electron chi connectivity index (χ0n) is 15.6. The number of rotatable bonds is 7. The number of fused-ring (bicyclic) bond motifs is 1. The smallest absolute Gasteiger partial charge is 0.251 e. The normalized spacial score (nSPS) is 13.9.